The number of hydrogen-bond acceptors (Lipinski definition) is 5. The molecule has 2 atom stereocenters. The number of ether oxygens (including phenoxy) is 2. The van der Waals surface area contributed by atoms with Crippen LogP contribution in [0.1, 0.15) is 53.0 Å². The van der Waals surface area contributed by atoms with Gasteiger partial charge in [0, 0.05) is 31.9 Å². The standard InChI is InChI=1S/C29H38FN3O4/c1-20(2)37-25-12-7-9-22(15-25)18-31-14-13-29(17-21(31)3)26(34)33(28(4,5)19-36-6)27(35)32(29)24-11-8-10-23(30)16-24/h7-12,15-16,20-21H,13-14,17-19H2,1-6H3/t21-,29?/m0/s1. The Morgan fingerprint density at radius 2 is 1.86 bits per heavy atom. The van der Waals surface area contributed by atoms with Crippen LogP contribution in [0.3, 0.4) is 0 Å². The minimum Gasteiger partial charge on any atom is -0.491 e. The van der Waals surface area contributed by atoms with Gasteiger partial charge in [-0.2, -0.15) is 0 Å². The molecule has 2 heterocycles. The highest BCUT2D eigenvalue weighted by atomic mass is 19.1. The average molecular weight is 512 g/mol. The fraction of sp³-hybridized carbons (Fsp3) is 0.517. The van der Waals surface area contributed by atoms with Crippen LogP contribution >= 0.6 is 0 Å². The Labute approximate surface area is 219 Å². The molecule has 3 amide bonds. The predicted molar refractivity (Wildman–Crippen MR) is 141 cm³/mol. The molecule has 2 aliphatic rings. The summed E-state index contributed by atoms with van der Waals surface area (Å²) in [4.78, 5) is 33.1. The van der Waals surface area contributed by atoms with Crippen LogP contribution in [0.25, 0.3) is 0 Å². The molecule has 0 bridgehead atoms. The van der Waals surface area contributed by atoms with Crippen LogP contribution in [0.4, 0.5) is 14.9 Å². The number of imide groups is 1. The molecule has 2 aromatic rings. The first-order chi connectivity index (χ1) is 17.5. The van der Waals surface area contributed by atoms with Crippen molar-refractivity contribution in [2.45, 2.75) is 77.2 Å². The van der Waals surface area contributed by atoms with Gasteiger partial charge < -0.3 is 9.47 Å². The zero-order valence-corrected chi connectivity index (χ0v) is 22.7. The zero-order valence-electron chi connectivity index (χ0n) is 22.7. The second-order valence-electron chi connectivity index (χ2n) is 11.1. The lowest BCUT2D eigenvalue weighted by molar-refractivity contribution is -0.138. The quantitative estimate of drug-likeness (QED) is 0.454. The van der Waals surface area contributed by atoms with Crippen LogP contribution < -0.4 is 9.64 Å². The summed E-state index contributed by atoms with van der Waals surface area (Å²) in [5, 5.41) is 0. The summed E-state index contributed by atoms with van der Waals surface area (Å²) in [6, 6.07) is 13.6. The summed E-state index contributed by atoms with van der Waals surface area (Å²) >= 11 is 0. The van der Waals surface area contributed by atoms with Crippen LogP contribution in [-0.2, 0) is 16.1 Å². The number of amides is 3. The van der Waals surface area contributed by atoms with Crippen molar-refractivity contribution in [3.8, 4) is 5.75 Å². The van der Waals surface area contributed by atoms with Crippen molar-refractivity contribution in [3.63, 3.8) is 0 Å². The number of anilines is 1. The van der Waals surface area contributed by atoms with Crippen LogP contribution in [0, 0.1) is 5.82 Å². The molecule has 0 radical (unpaired) electrons. The minimum atomic E-state index is -1.09. The minimum absolute atomic E-state index is 0.00159. The summed E-state index contributed by atoms with van der Waals surface area (Å²) < 4.78 is 25.5. The zero-order chi connectivity index (χ0) is 27.0. The monoisotopic (exact) mass is 511 g/mol. The van der Waals surface area contributed by atoms with E-state index in [-0.39, 0.29) is 24.7 Å². The summed E-state index contributed by atoms with van der Waals surface area (Å²) in [5.74, 6) is 0.137. The number of nitrogens with zero attached hydrogens (tertiary/aromatic N) is 3. The molecule has 0 N–H and O–H groups in total. The average Bonchev–Trinajstić information content (AvgIpc) is 3.01. The summed E-state index contributed by atoms with van der Waals surface area (Å²) in [6.07, 6.45) is 0.977. The highest BCUT2D eigenvalue weighted by Gasteiger charge is 2.62. The third-order valence-corrected chi connectivity index (χ3v) is 7.31. The number of hydrogen-bond donors (Lipinski definition) is 0. The van der Waals surface area contributed by atoms with Crippen LogP contribution in [0.15, 0.2) is 48.5 Å². The molecule has 0 saturated carbocycles. The fourth-order valence-electron chi connectivity index (χ4n) is 5.72. The molecule has 1 spiro atoms. The van der Waals surface area contributed by atoms with Crippen molar-refractivity contribution in [1.82, 2.24) is 9.80 Å². The molecule has 4 rings (SSSR count). The first kappa shape index (κ1) is 27.1. The number of piperidine rings is 1. The van der Waals surface area contributed by atoms with Crippen LogP contribution in [0.2, 0.25) is 0 Å². The van der Waals surface area contributed by atoms with E-state index in [1.807, 2.05) is 39.8 Å². The SMILES string of the molecule is COCC(C)(C)N1C(=O)N(c2cccc(F)c2)C2(CCN(Cc3cccc(OC(C)C)c3)[C@@H](C)C2)C1=O. The van der Waals surface area contributed by atoms with E-state index in [0.717, 1.165) is 11.3 Å². The summed E-state index contributed by atoms with van der Waals surface area (Å²) in [6.45, 7) is 11.2. The lowest BCUT2D eigenvalue weighted by Crippen LogP contribution is -2.60. The molecular formula is C29H38FN3O4. The third kappa shape index (κ3) is 5.22. The van der Waals surface area contributed by atoms with Gasteiger partial charge in [0.05, 0.1) is 18.2 Å². The van der Waals surface area contributed by atoms with E-state index in [9.17, 15) is 14.0 Å². The van der Waals surface area contributed by atoms with Gasteiger partial charge in [-0.1, -0.05) is 18.2 Å². The second-order valence-corrected chi connectivity index (χ2v) is 11.1. The maximum Gasteiger partial charge on any atom is 0.332 e. The third-order valence-electron chi connectivity index (χ3n) is 7.31. The molecule has 2 aliphatic heterocycles. The number of urea groups is 1. The molecule has 2 saturated heterocycles. The number of rotatable bonds is 8. The maximum absolute atomic E-state index is 14.3. The van der Waals surface area contributed by atoms with Crippen molar-refractivity contribution in [2.75, 3.05) is 25.2 Å². The highest BCUT2D eigenvalue weighted by molar-refractivity contribution is 6.17. The first-order valence-electron chi connectivity index (χ1n) is 12.9. The topological polar surface area (TPSA) is 62.3 Å². The van der Waals surface area contributed by atoms with Gasteiger partial charge in [-0.3, -0.25) is 19.5 Å². The number of benzene rings is 2. The van der Waals surface area contributed by atoms with Gasteiger partial charge in [0.1, 0.15) is 17.1 Å². The van der Waals surface area contributed by atoms with E-state index < -0.39 is 22.9 Å². The van der Waals surface area contributed by atoms with E-state index in [0.29, 0.717) is 31.6 Å². The number of carbonyl (C=O) groups is 2. The Bertz CT molecular complexity index is 1150. The van der Waals surface area contributed by atoms with Gasteiger partial charge in [0.25, 0.3) is 5.91 Å². The number of carbonyl (C=O) groups excluding carboxylic acids is 2. The molecule has 0 aromatic heterocycles. The summed E-state index contributed by atoms with van der Waals surface area (Å²) in [7, 11) is 1.55. The molecule has 37 heavy (non-hydrogen) atoms. The van der Waals surface area contributed by atoms with E-state index >= 15 is 0 Å². The van der Waals surface area contributed by atoms with Gasteiger partial charge in [-0.15, -0.1) is 0 Å². The molecule has 2 fully saturated rings. The van der Waals surface area contributed by atoms with E-state index in [2.05, 4.69) is 24.0 Å². The highest BCUT2D eigenvalue weighted by Crippen LogP contribution is 2.45. The van der Waals surface area contributed by atoms with Gasteiger partial charge in [0.15, 0.2) is 0 Å². The van der Waals surface area contributed by atoms with E-state index in [1.165, 1.54) is 21.9 Å². The Balaban J connectivity index is 1.64. The van der Waals surface area contributed by atoms with Gasteiger partial charge in [0.2, 0.25) is 0 Å². The van der Waals surface area contributed by atoms with Crippen molar-refractivity contribution < 1.29 is 23.5 Å². The fourth-order valence-corrected chi connectivity index (χ4v) is 5.72. The van der Waals surface area contributed by atoms with E-state index in [4.69, 9.17) is 9.47 Å². The van der Waals surface area contributed by atoms with Crippen molar-refractivity contribution in [2.24, 2.45) is 0 Å². The molecule has 200 valence electrons. The molecule has 0 aliphatic carbocycles. The molecule has 1 unspecified atom stereocenters. The molecule has 2 aromatic carbocycles. The normalized spacial score (nSPS) is 23.0. The van der Waals surface area contributed by atoms with E-state index in [1.54, 1.807) is 19.2 Å². The molecule has 8 heteroatoms. The Morgan fingerprint density at radius 1 is 1.14 bits per heavy atom. The molecular weight excluding hydrogens is 473 g/mol. The largest absolute Gasteiger partial charge is 0.491 e. The van der Waals surface area contributed by atoms with Gasteiger partial charge in [-0.25, -0.2) is 9.18 Å². The summed E-state index contributed by atoms with van der Waals surface area (Å²) in [5.41, 5.74) is -0.420. The smallest absolute Gasteiger partial charge is 0.332 e. The number of methoxy groups -OCH3 is 1. The van der Waals surface area contributed by atoms with Crippen molar-refractivity contribution >= 4 is 17.6 Å². The maximum atomic E-state index is 14.3. The Hall–Kier alpha value is -2.97. The number of halogens is 1. The Morgan fingerprint density at radius 3 is 2.51 bits per heavy atom. The van der Waals surface area contributed by atoms with Crippen molar-refractivity contribution in [3.05, 3.63) is 59.9 Å². The lowest BCUT2D eigenvalue weighted by Gasteiger charge is -2.46. The van der Waals surface area contributed by atoms with Gasteiger partial charge in [-0.05, 0) is 83.4 Å². The molecule has 7 nitrogen and oxygen atoms in total. The first-order valence-corrected chi connectivity index (χ1v) is 12.9. The Kier molecular flexibility index (Phi) is 7.62. The predicted octanol–water partition coefficient (Wildman–Crippen LogP) is 5.23. The second kappa shape index (κ2) is 10.4. The van der Waals surface area contributed by atoms with Gasteiger partial charge >= 0.3 is 6.03 Å². The van der Waals surface area contributed by atoms with Crippen molar-refractivity contribution in [1.29, 1.82) is 0 Å². The van der Waals surface area contributed by atoms with Crippen LogP contribution in [0.5, 0.6) is 5.75 Å². The lowest BCUT2D eigenvalue weighted by atomic mass is 9.81. The number of likely N-dealkylation sites (tertiary alicyclic amines) is 1. The van der Waals surface area contributed by atoms with Crippen LogP contribution in [-0.4, -0.2) is 65.2 Å².